The minimum absolute atomic E-state index is 0.103. The van der Waals surface area contributed by atoms with Gasteiger partial charge in [0.15, 0.2) is 0 Å². The lowest BCUT2D eigenvalue weighted by Crippen LogP contribution is -2.15. The average Bonchev–Trinajstić information content (AvgIpc) is 3.13. The Morgan fingerprint density at radius 2 is 2.08 bits per heavy atom. The summed E-state index contributed by atoms with van der Waals surface area (Å²) in [6.45, 7) is 2.93. The van der Waals surface area contributed by atoms with Gasteiger partial charge < -0.3 is 5.32 Å². The fourth-order valence-electron chi connectivity index (χ4n) is 2.42. The maximum atomic E-state index is 12.1. The van der Waals surface area contributed by atoms with Crippen molar-refractivity contribution in [1.29, 1.82) is 0 Å². The molecule has 0 bridgehead atoms. The van der Waals surface area contributed by atoms with Crippen LogP contribution in [0.25, 0.3) is 0 Å². The summed E-state index contributed by atoms with van der Waals surface area (Å²) in [7, 11) is 0. The summed E-state index contributed by atoms with van der Waals surface area (Å²) in [4.78, 5) is 12.1. The van der Waals surface area contributed by atoms with Crippen molar-refractivity contribution in [3.05, 3.63) is 64.2 Å². The van der Waals surface area contributed by atoms with Gasteiger partial charge in [0.2, 0.25) is 5.91 Å². The van der Waals surface area contributed by atoms with Gasteiger partial charge in [0, 0.05) is 17.6 Å². The van der Waals surface area contributed by atoms with Crippen molar-refractivity contribution < 1.29 is 4.79 Å². The number of carbonyl (C=O) groups excluding carboxylic acids is 1. The Bertz CT molecular complexity index is 887. The van der Waals surface area contributed by atoms with Crippen LogP contribution in [0, 0.1) is 6.92 Å². The molecule has 25 heavy (non-hydrogen) atoms. The highest BCUT2D eigenvalue weighted by molar-refractivity contribution is 6.31. The third-order valence-corrected chi connectivity index (χ3v) is 4.35. The number of hydrogen-bond donors (Lipinski definition) is 1. The summed E-state index contributed by atoms with van der Waals surface area (Å²) >= 11 is 11.9. The first kappa shape index (κ1) is 17.5. The molecule has 0 unspecified atom stereocenters. The molecular weight excluding hydrogens is 361 g/mol. The first-order chi connectivity index (χ1) is 12.0. The van der Waals surface area contributed by atoms with E-state index in [2.05, 4.69) is 15.5 Å². The van der Waals surface area contributed by atoms with Crippen molar-refractivity contribution in [2.24, 2.45) is 0 Å². The van der Waals surface area contributed by atoms with Crippen molar-refractivity contribution >= 4 is 34.8 Å². The zero-order valence-electron chi connectivity index (χ0n) is 13.6. The van der Waals surface area contributed by atoms with Gasteiger partial charge in [-0.05, 0) is 24.6 Å². The van der Waals surface area contributed by atoms with Gasteiger partial charge in [0.05, 0.1) is 41.9 Å². The number of rotatable bonds is 6. The van der Waals surface area contributed by atoms with Crippen LogP contribution in [0.3, 0.4) is 0 Å². The van der Waals surface area contributed by atoms with Crippen LogP contribution in [0.4, 0.5) is 5.69 Å². The highest BCUT2D eigenvalue weighted by Crippen LogP contribution is 2.15. The van der Waals surface area contributed by atoms with Gasteiger partial charge in [0.1, 0.15) is 0 Å². The van der Waals surface area contributed by atoms with Gasteiger partial charge in [0.25, 0.3) is 0 Å². The molecule has 0 radical (unpaired) electrons. The fourth-order valence-corrected chi connectivity index (χ4v) is 2.77. The molecule has 2 aromatic heterocycles. The van der Waals surface area contributed by atoms with Crippen molar-refractivity contribution in [3.63, 3.8) is 0 Å². The van der Waals surface area contributed by atoms with E-state index in [0.29, 0.717) is 35.2 Å². The van der Waals surface area contributed by atoms with E-state index in [0.717, 1.165) is 11.3 Å². The first-order valence-electron chi connectivity index (χ1n) is 7.76. The molecule has 0 atom stereocenters. The minimum Gasteiger partial charge on any atom is -0.323 e. The Kier molecular flexibility index (Phi) is 5.40. The number of carbonyl (C=O) groups is 1. The molecular formula is C17H17Cl2N5O. The summed E-state index contributed by atoms with van der Waals surface area (Å²) in [5.41, 5.74) is 2.55. The summed E-state index contributed by atoms with van der Waals surface area (Å²) in [6.07, 6.45) is 5.29. The number of anilines is 1. The molecule has 0 saturated carbocycles. The van der Waals surface area contributed by atoms with E-state index < -0.39 is 0 Å². The zero-order chi connectivity index (χ0) is 17.8. The van der Waals surface area contributed by atoms with Crippen molar-refractivity contribution in [2.75, 3.05) is 5.32 Å². The van der Waals surface area contributed by atoms with E-state index in [9.17, 15) is 4.79 Å². The molecule has 8 heteroatoms. The maximum Gasteiger partial charge on any atom is 0.226 e. The van der Waals surface area contributed by atoms with Crippen LogP contribution in [0.15, 0.2) is 42.9 Å². The predicted molar refractivity (Wildman–Crippen MR) is 98.0 cm³/mol. The second kappa shape index (κ2) is 7.72. The van der Waals surface area contributed by atoms with Crippen molar-refractivity contribution in [2.45, 2.75) is 26.4 Å². The highest BCUT2D eigenvalue weighted by atomic mass is 35.5. The normalized spacial score (nSPS) is 10.8. The quantitative estimate of drug-likeness (QED) is 0.710. The molecule has 3 rings (SSSR count). The lowest BCUT2D eigenvalue weighted by atomic mass is 10.2. The molecule has 1 N–H and O–H groups in total. The predicted octanol–water partition coefficient (Wildman–Crippen LogP) is 3.77. The summed E-state index contributed by atoms with van der Waals surface area (Å²) < 4.78 is 3.46. The molecule has 0 aliphatic rings. The summed E-state index contributed by atoms with van der Waals surface area (Å²) in [5.74, 6) is -0.103. The van der Waals surface area contributed by atoms with E-state index in [1.54, 1.807) is 28.0 Å². The number of aryl methyl sites for hydroxylation is 1. The van der Waals surface area contributed by atoms with E-state index in [4.69, 9.17) is 23.2 Å². The summed E-state index contributed by atoms with van der Waals surface area (Å²) in [5, 5.41) is 12.5. The Morgan fingerprint density at radius 3 is 2.80 bits per heavy atom. The van der Waals surface area contributed by atoms with Gasteiger partial charge in [-0.1, -0.05) is 35.3 Å². The number of amides is 1. The van der Waals surface area contributed by atoms with Gasteiger partial charge in [-0.3, -0.25) is 14.2 Å². The minimum atomic E-state index is -0.103. The number of nitrogens with one attached hydrogen (secondary N) is 1. The molecule has 0 saturated heterocycles. The van der Waals surface area contributed by atoms with Gasteiger partial charge in [-0.15, -0.1) is 0 Å². The number of aromatic nitrogens is 4. The second-order valence-electron chi connectivity index (χ2n) is 5.66. The maximum absolute atomic E-state index is 12.1. The SMILES string of the molecule is Cc1c(Cl)cnn1CCC(=O)Nc1cnn(Cc2cccc(Cl)c2)c1. The lowest BCUT2D eigenvalue weighted by Gasteiger charge is -2.05. The molecule has 6 nitrogen and oxygen atoms in total. The largest absolute Gasteiger partial charge is 0.323 e. The summed E-state index contributed by atoms with van der Waals surface area (Å²) in [6, 6.07) is 7.59. The Hall–Kier alpha value is -2.31. The third kappa shape index (κ3) is 4.61. The van der Waals surface area contributed by atoms with Gasteiger partial charge in [-0.2, -0.15) is 10.2 Å². The average molecular weight is 378 g/mol. The zero-order valence-corrected chi connectivity index (χ0v) is 15.1. The first-order valence-corrected chi connectivity index (χ1v) is 8.51. The van der Waals surface area contributed by atoms with Gasteiger partial charge >= 0.3 is 0 Å². The molecule has 0 fully saturated rings. The topological polar surface area (TPSA) is 64.7 Å². The smallest absolute Gasteiger partial charge is 0.226 e. The molecule has 2 heterocycles. The monoisotopic (exact) mass is 377 g/mol. The van der Waals surface area contributed by atoms with Crippen molar-refractivity contribution in [3.8, 4) is 0 Å². The standard InChI is InChI=1S/C17H17Cl2N5O/c1-12-16(19)9-21-24(12)6-5-17(25)22-15-8-20-23(11-15)10-13-3-2-4-14(18)7-13/h2-4,7-9,11H,5-6,10H2,1H3,(H,22,25). The molecule has 0 spiro atoms. The van der Waals surface area contributed by atoms with E-state index in [-0.39, 0.29) is 5.91 Å². The second-order valence-corrected chi connectivity index (χ2v) is 6.50. The number of nitrogens with zero attached hydrogens (tertiary/aromatic N) is 4. The molecule has 130 valence electrons. The van der Waals surface area contributed by atoms with Crippen LogP contribution in [-0.4, -0.2) is 25.5 Å². The van der Waals surface area contributed by atoms with E-state index in [1.165, 1.54) is 0 Å². The third-order valence-electron chi connectivity index (χ3n) is 3.74. The van der Waals surface area contributed by atoms with Crippen molar-refractivity contribution in [1.82, 2.24) is 19.6 Å². The van der Waals surface area contributed by atoms with Crippen LogP contribution in [0.1, 0.15) is 17.7 Å². The molecule has 1 aromatic carbocycles. The van der Waals surface area contributed by atoms with Crippen LogP contribution in [0.5, 0.6) is 0 Å². The lowest BCUT2D eigenvalue weighted by molar-refractivity contribution is -0.116. The number of hydrogen-bond acceptors (Lipinski definition) is 3. The molecule has 1 amide bonds. The molecule has 3 aromatic rings. The molecule has 0 aliphatic carbocycles. The van der Waals surface area contributed by atoms with E-state index in [1.807, 2.05) is 31.2 Å². The van der Waals surface area contributed by atoms with Crippen LogP contribution >= 0.6 is 23.2 Å². The highest BCUT2D eigenvalue weighted by Gasteiger charge is 2.08. The van der Waals surface area contributed by atoms with Crippen LogP contribution < -0.4 is 5.32 Å². The van der Waals surface area contributed by atoms with Crippen LogP contribution in [0.2, 0.25) is 10.0 Å². The fraction of sp³-hybridized carbons (Fsp3) is 0.235. The Morgan fingerprint density at radius 1 is 1.24 bits per heavy atom. The number of benzene rings is 1. The van der Waals surface area contributed by atoms with Gasteiger partial charge in [-0.25, -0.2) is 0 Å². The Balaban J connectivity index is 1.54. The molecule has 0 aliphatic heterocycles. The Labute approximate surface area is 155 Å². The van der Waals surface area contributed by atoms with E-state index >= 15 is 0 Å². The van der Waals surface area contributed by atoms with Crippen LogP contribution in [-0.2, 0) is 17.9 Å². The number of halogens is 2.